The monoisotopic (exact) mass is 541 g/mol. The van der Waals surface area contributed by atoms with E-state index in [2.05, 4.69) is 21.2 Å². The number of rotatable bonds is 11. The fourth-order valence-corrected chi connectivity index (χ4v) is 4.66. The number of unbranched alkanes of at least 4 members (excludes halogenated alkanes) is 1. The number of amides is 2. The molecule has 1 atom stereocenters. The maximum Gasteiger partial charge on any atom is 0.244 e. The number of hydrogen-bond donors (Lipinski definition) is 1. The second-order valence-corrected chi connectivity index (χ2v) is 10.4. The van der Waals surface area contributed by atoms with Crippen LogP contribution in [0, 0.1) is 5.82 Å². The summed E-state index contributed by atoms with van der Waals surface area (Å²) in [7, 11) is -3.83. The van der Waals surface area contributed by atoms with Gasteiger partial charge < -0.3 is 10.2 Å². The zero-order valence-corrected chi connectivity index (χ0v) is 21.3. The molecule has 0 unspecified atom stereocenters. The van der Waals surface area contributed by atoms with Crippen molar-refractivity contribution in [2.75, 3.05) is 23.7 Å². The zero-order chi connectivity index (χ0) is 24.6. The van der Waals surface area contributed by atoms with Crippen LogP contribution in [-0.2, 0) is 26.2 Å². The number of nitrogens with zero attached hydrogens (tertiary/aromatic N) is 2. The first kappa shape index (κ1) is 26.8. The van der Waals surface area contributed by atoms with Crippen molar-refractivity contribution in [2.24, 2.45) is 0 Å². The maximum atomic E-state index is 14.3. The summed E-state index contributed by atoms with van der Waals surface area (Å²) in [5.41, 5.74) is 0.519. The van der Waals surface area contributed by atoms with E-state index >= 15 is 0 Å². The molecule has 0 saturated carbocycles. The van der Waals surface area contributed by atoms with Crippen molar-refractivity contribution < 1.29 is 22.4 Å². The number of carbonyl (C=O) groups excluding carboxylic acids is 2. The molecule has 2 rings (SSSR count). The van der Waals surface area contributed by atoms with Crippen molar-refractivity contribution >= 4 is 43.5 Å². The van der Waals surface area contributed by atoms with Crippen molar-refractivity contribution in [2.45, 2.75) is 39.3 Å². The van der Waals surface area contributed by atoms with Crippen LogP contribution < -0.4 is 9.62 Å². The van der Waals surface area contributed by atoms with E-state index in [1.165, 1.54) is 23.1 Å². The molecular weight excluding hydrogens is 513 g/mol. The molecule has 180 valence electrons. The summed E-state index contributed by atoms with van der Waals surface area (Å²) in [4.78, 5) is 27.3. The van der Waals surface area contributed by atoms with E-state index in [1.54, 1.807) is 37.3 Å². The maximum absolute atomic E-state index is 14.3. The number of nitrogens with one attached hydrogen (secondary N) is 1. The van der Waals surface area contributed by atoms with Gasteiger partial charge in [-0.05, 0) is 47.5 Å². The summed E-state index contributed by atoms with van der Waals surface area (Å²) in [6.07, 6.45) is 2.67. The van der Waals surface area contributed by atoms with E-state index < -0.39 is 34.3 Å². The fraction of sp³-hybridized carbons (Fsp3) is 0.391. The number of sulfonamides is 1. The summed E-state index contributed by atoms with van der Waals surface area (Å²) < 4.78 is 40.9. The van der Waals surface area contributed by atoms with Crippen LogP contribution in [0.3, 0.4) is 0 Å². The average molecular weight is 542 g/mol. The highest BCUT2D eigenvalue weighted by Gasteiger charge is 2.31. The molecule has 7 nitrogen and oxygen atoms in total. The Balaban J connectivity index is 2.37. The minimum atomic E-state index is -3.83. The topological polar surface area (TPSA) is 86.8 Å². The van der Waals surface area contributed by atoms with Crippen LogP contribution in [0.15, 0.2) is 53.0 Å². The Morgan fingerprint density at radius 1 is 1.12 bits per heavy atom. The zero-order valence-electron chi connectivity index (χ0n) is 18.9. The van der Waals surface area contributed by atoms with Crippen LogP contribution in [0.25, 0.3) is 0 Å². The third kappa shape index (κ3) is 7.53. The fourth-order valence-electron chi connectivity index (χ4n) is 3.18. The van der Waals surface area contributed by atoms with Gasteiger partial charge in [-0.2, -0.15) is 0 Å². The van der Waals surface area contributed by atoms with Crippen LogP contribution in [0.5, 0.6) is 0 Å². The molecule has 0 radical (unpaired) electrons. The number of para-hydroxylation sites is 1. The first-order valence-corrected chi connectivity index (χ1v) is 13.2. The Hall–Kier alpha value is -2.46. The summed E-state index contributed by atoms with van der Waals surface area (Å²) >= 11 is 3.32. The second-order valence-electron chi connectivity index (χ2n) is 7.65. The van der Waals surface area contributed by atoms with Gasteiger partial charge in [-0.1, -0.05) is 43.7 Å². The highest BCUT2D eigenvalue weighted by Crippen LogP contribution is 2.28. The van der Waals surface area contributed by atoms with Crippen molar-refractivity contribution in [3.05, 3.63) is 64.4 Å². The van der Waals surface area contributed by atoms with Crippen LogP contribution in [0.2, 0.25) is 0 Å². The Morgan fingerprint density at radius 3 is 2.36 bits per heavy atom. The Bertz CT molecular complexity index is 1080. The standard InChI is InChI=1S/C23H29BrFN3O4S/c1-4-5-14-26-23(30)17(2)27(15-18-10-6-8-12-20(18)25)22(29)16-28(33(3,31)32)21-13-9-7-11-19(21)24/h6-13,17H,4-5,14-16H2,1-3H3,(H,26,30)/t17-/m0/s1. The van der Waals surface area contributed by atoms with Gasteiger partial charge in [0.1, 0.15) is 18.4 Å². The molecule has 33 heavy (non-hydrogen) atoms. The number of carbonyl (C=O) groups is 2. The lowest BCUT2D eigenvalue weighted by Crippen LogP contribution is -2.51. The number of hydrogen-bond acceptors (Lipinski definition) is 4. The van der Waals surface area contributed by atoms with E-state index in [0.29, 0.717) is 16.7 Å². The predicted octanol–water partition coefficient (Wildman–Crippen LogP) is 3.69. The Morgan fingerprint density at radius 2 is 1.76 bits per heavy atom. The highest BCUT2D eigenvalue weighted by molar-refractivity contribution is 9.10. The van der Waals surface area contributed by atoms with E-state index in [9.17, 15) is 22.4 Å². The van der Waals surface area contributed by atoms with Crippen molar-refractivity contribution in [3.63, 3.8) is 0 Å². The van der Waals surface area contributed by atoms with Gasteiger partial charge in [0, 0.05) is 23.1 Å². The van der Waals surface area contributed by atoms with Gasteiger partial charge in [-0.3, -0.25) is 13.9 Å². The summed E-state index contributed by atoms with van der Waals surface area (Å²) in [6, 6.07) is 11.6. The summed E-state index contributed by atoms with van der Waals surface area (Å²) in [6.45, 7) is 3.27. The molecule has 0 aliphatic carbocycles. The minimum absolute atomic E-state index is 0.179. The smallest absolute Gasteiger partial charge is 0.244 e. The van der Waals surface area contributed by atoms with Gasteiger partial charge in [0.2, 0.25) is 21.8 Å². The van der Waals surface area contributed by atoms with Gasteiger partial charge in [-0.25, -0.2) is 12.8 Å². The van der Waals surface area contributed by atoms with Gasteiger partial charge in [0.05, 0.1) is 11.9 Å². The van der Waals surface area contributed by atoms with Crippen molar-refractivity contribution in [1.82, 2.24) is 10.2 Å². The van der Waals surface area contributed by atoms with Crippen LogP contribution in [-0.4, -0.2) is 50.5 Å². The van der Waals surface area contributed by atoms with E-state index in [0.717, 1.165) is 23.4 Å². The molecule has 0 bridgehead atoms. The lowest BCUT2D eigenvalue weighted by atomic mass is 10.1. The first-order chi connectivity index (χ1) is 15.6. The largest absolute Gasteiger partial charge is 0.354 e. The van der Waals surface area contributed by atoms with Crippen LogP contribution in [0.4, 0.5) is 10.1 Å². The molecule has 2 aromatic rings. The van der Waals surface area contributed by atoms with E-state index in [4.69, 9.17) is 0 Å². The third-order valence-corrected chi connectivity index (χ3v) is 6.89. The molecule has 0 saturated heterocycles. The molecule has 0 aliphatic rings. The number of anilines is 1. The van der Waals surface area contributed by atoms with Crippen LogP contribution in [0.1, 0.15) is 32.3 Å². The SMILES string of the molecule is CCCCNC(=O)[C@H](C)N(Cc1ccccc1F)C(=O)CN(c1ccccc1Br)S(C)(=O)=O. The number of benzene rings is 2. The summed E-state index contributed by atoms with van der Waals surface area (Å²) in [5, 5.41) is 2.78. The molecule has 0 heterocycles. The molecule has 0 spiro atoms. The molecule has 2 amide bonds. The number of halogens is 2. The van der Waals surface area contributed by atoms with Gasteiger partial charge in [0.15, 0.2) is 0 Å². The van der Waals surface area contributed by atoms with Gasteiger partial charge >= 0.3 is 0 Å². The average Bonchev–Trinajstić information content (AvgIpc) is 2.76. The second kappa shape index (κ2) is 12.1. The van der Waals surface area contributed by atoms with Crippen LogP contribution >= 0.6 is 15.9 Å². The molecule has 0 fully saturated rings. The highest BCUT2D eigenvalue weighted by atomic mass is 79.9. The molecule has 2 aromatic carbocycles. The van der Waals surface area contributed by atoms with Crippen molar-refractivity contribution in [3.8, 4) is 0 Å². The lowest BCUT2D eigenvalue weighted by Gasteiger charge is -2.31. The third-order valence-electron chi connectivity index (χ3n) is 5.10. The molecule has 0 aliphatic heterocycles. The van der Waals surface area contributed by atoms with E-state index in [1.807, 2.05) is 6.92 Å². The molecule has 1 N–H and O–H groups in total. The first-order valence-electron chi connectivity index (χ1n) is 10.6. The normalized spacial score (nSPS) is 12.2. The molecule has 0 aromatic heterocycles. The summed E-state index contributed by atoms with van der Waals surface area (Å²) in [5.74, 6) is -1.53. The molecular formula is C23H29BrFN3O4S. The molecule has 10 heteroatoms. The van der Waals surface area contributed by atoms with Crippen molar-refractivity contribution in [1.29, 1.82) is 0 Å². The minimum Gasteiger partial charge on any atom is -0.354 e. The lowest BCUT2D eigenvalue weighted by molar-refractivity contribution is -0.139. The quantitative estimate of drug-likeness (QED) is 0.439. The Kier molecular flexibility index (Phi) is 9.85. The Labute approximate surface area is 203 Å². The predicted molar refractivity (Wildman–Crippen MR) is 131 cm³/mol. The van der Waals surface area contributed by atoms with Gasteiger partial charge in [-0.15, -0.1) is 0 Å². The van der Waals surface area contributed by atoms with E-state index in [-0.39, 0.29) is 18.0 Å². The van der Waals surface area contributed by atoms with Gasteiger partial charge in [0.25, 0.3) is 0 Å².